The summed E-state index contributed by atoms with van der Waals surface area (Å²) in [6, 6.07) is 11.9. The van der Waals surface area contributed by atoms with Crippen molar-refractivity contribution in [2.75, 3.05) is 26.1 Å². The molecule has 0 bridgehead atoms. The van der Waals surface area contributed by atoms with Gasteiger partial charge in [0.1, 0.15) is 12.4 Å². The maximum absolute atomic E-state index is 12.6. The van der Waals surface area contributed by atoms with Crippen molar-refractivity contribution in [3.63, 3.8) is 0 Å². The van der Waals surface area contributed by atoms with Crippen LogP contribution < -0.4 is 10.5 Å². The lowest BCUT2D eigenvalue weighted by atomic mass is 10.0. The second kappa shape index (κ2) is 7.11. The zero-order valence-electron chi connectivity index (χ0n) is 11.6. The molecular weight excluding hydrogens is 290 g/mol. The highest BCUT2D eigenvalue weighted by atomic mass is 35.5. The van der Waals surface area contributed by atoms with E-state index < -0.39 is 0 Å². The number of nitrogen functional groups attached to an aromatic ring is 1. The third kappa shape index (κ3) is 3.74. The van der Waals surface area contributed by atoms with Gasteiger partial charge in [0.2, 0.25) is 0 Å². The molecule has 0 aliphatic heterocycles. The Morgan fingerprint density at radius 1 is 1.14 bits per heavy atom. The first-order chi connectivity index (χ1) is 10.1. The predicted molar refractivity (Wildman–Crippen MR) is 83.1 cm³/mol. The Labute approximate surface area is 128 Å². The average molecular weight is 306 g/mol. The summed E-state index contributed by atoms with van der Waals surface area (Å²) < 4.78 is 10.5. The molecule has 21 heavy (non-hydrogen) atoms. The van der Waals surface area contributed by atoms with E-state index in [2.05, 4.69) is 0 Å². The lowest BCUT2D eigenvalue weighted by Gasteiger charge is -2.11. The van der Waals surface area contributed by atoms with Crippen LogP contribution in [0.25, 0.3) is 0 Å². The SMILES string of the molecule is COCCOc1ccccc1C(=O)c1ccc(Cl)cc1N. The van der Waals surface area contributed by atoms with Crippen molar-refractivity contribution in [3.8, 4) is 5.75 Å². The predicted octanol–water partition coefficient (Wildman–Crippen LogP) is 3.18. The van der Waals surface area contributed by atoms with Crippen LogP contribution in [0, 0.1) is 0 Å². The summed E-state index contributed by atoms with van der Waals surface area (Å²) in [7, 11) is 1.59. The molecular formula is C16H16ClNO3. The zero-order valence-corrected chi connectivity index (χ0v) is 12.4. The third-order valence-corrected chi connectivity index (χ3v) is 3.17. The number of rotatable bonds is 6. The lowest BCUT2D eigenvalue weighted by molar-refractivity contribution is 0.103. The van der Waals surface area contributed by atoms with Gasteiger partial charge in [0.25, 0.3) is 0 Å². The first-order valence-electron chi connectivity index (χ1n) is 6.44. The Hall–Kier alpha value is -2.04. The summed E-state index contributed by atoms with van der Waals surface area (Å²) in [6.07, 6.45) is 0. The van der Waals surface area contributed by atoms with Gasteiger partial charge in [-0.1, -0.05) is 23.7 Å². The van der Waals surface area contributed by atoms with Crippen LogP contribution in [0.5, 0.6) is 5.75 Å². The van der Waals surface area contributed by atoms with Crippen molar-refractivity contribution < 1.29 is 14.3 Å². The topological polar surface area (TPSA) is 61.5 Å². The van der Waals surface area contributed by atoms with Crippen LogP contribution in [-0.2, 0) is 4.74 Å². The number of halogens is 1. The van der Waals surface area contributed by atoms with E-state index >= 15 is 0 Å². The standard InChI is InChI=1S/C16H16ClNO3/c1-20-8-9-21-15-5-3-2-4-13(15)16(19)12-7-6-11(17)10-14(12)18/h2-7,10H,8-9,18H2,1H3. The van der Waals surface area contributed by atoms with Crippen molar-refractivity contribution >= 4 is 23.1 Å². The van der Waals surface area contributed by atoms with Crippen molar-refractivity contribution in [2.45, 2.75) is 0 Å². The molecule has 5 heteroatoms. The maximum atomic E-state index is 12.6. The van der Waals surface area contributed by atoms with E-state index in [1.165, 1.54) is 0 Å². The van der Waals surface area contributed by atoms with Crippen LogP contribution in [0.2, 0.25) is 5.02 Å². The van der Waals surface area contributed by atoms with Crippen LogP contribution >= 0.6 is 11.6 Å². The summed E-state index contributed by atoms with van der Waals surface area (Å²) in [4.78, 5) is 12.6. The molecule has 0 aromatic heterocycles. The van der Waals surface area contributed by atoms with Crippen molar-refractivity contribution in [1.29, 1.82) is 0 Å². The fourth-order valence-corrected chi connectivity index (χ4v) is 2.08. The van der Waals surface area contributed by atoms with Gasteiger partial charge in [-0.25, -0.2) is 0 Å². The number of nitrogens with two attached hydrogens (primary N) is 1. The Kier molecular flexibility index (Phi) is 5.20. The van der Waals surface area contributed by atoms with Gasteiger partial charge in [0.15, 0.2) is 5.78 Å². The van der Waals surface area contributed by atoms with E-state index in [4.69, 9.17) is 26.8 Å². The number of ether oxygens (including phenoxy) is 2. The number of benzene rings is 2. The largest absolute Gasteiger partial charge is 0.490 e. The number of anilines is 1. The molecule has 2 rings (SSSR count). The smallest absolute Gasteiger partial charge is 0.198 e. The van der Waals surface area contributed by atoms with Crippen molar-refractivity contribution in [3.05, 3.63) is 58.6 Å². The van der Waals surface area contributed by atoms with E-state index in [-0.39, 0.29) is 5.78 Å². The summed E-state index contributed by atoms with van der Waals surface area (Å²) in [5.41, 5.74) is 7.08. The third-order valence-electron chi connectivity index (χ3n) is 2.93. The van der Waals surface area contributed by atoms with Gasteiger partial charge in [-0.05, 0) is 30.3 Å². The monoisotopic (exact) mass is 305 g/mol. The molecule has 4 nitrogen and oxygen atoms in total. The molecule has 2 N–H and O–H groups in total. The quantitative estimate of drug-likeness (QED) is 0.506. The molecule has 2 aromatic rings. The summed E-state index contributed by atoms with van der Waals surface area (Å²) in [5.74, 6) is 0.311. The molecule has 0 atom stereocenters. The Balaban J connectivity index is 2.30. The van der Waals surface area contributed by atoms with Gasteiger partial charge in [0.05, 0.1) is 12.2 Å². The van der Waals surface area contributed by atoms with Crippen LogP contribution in [0.1, 0.15) is 15.9 Å². The van der Waals surface area contributed by atoms with E-state index in [0.717, 1.165) is 0 Å². The van der Waals surface area contributed by atoms with Crippen LogP contribution in [0.3, 0.4) is 0 Å². The van der Waals surface area contributed by atoms with E-state index in [0.29, 0.717) is 40.8 Å². The molecule has 0 aliphatic rings. The zero-order chi connectivity index (χ0) is 15.2. The molecule has 0 aliphatic carbocycles. The van der Waals surface area contributed by atoms with Gasteiger partial charge < -0.3 is 15.2 Å². The molecule has 0 saturated carbocycles. The Bertz CT molecular complexity index is 643. The molecule has 0 heterocycles. The van der Waals surface area contributed by atoms with E-state index in [9.17, 15) is 4.79 Å². The van der Waals surface area contributed by atoms with Gasteiger partial charge in [0, 0.05) is 23.4 Å². The van der Waals surface area contributed by atoms with Crippen molar-refractivity contribution in [2.24, 2.45) is 0 Å². The highest BCUT2D eigenvalue weighted by Crippen LogP contribution is 2.25. The number of hydrogen-bond donors (Lipinski definition) is 1. The average Bonchev–Trinajstić information content (AvgIpc) is 2.47. The number of carbonyl (C=O) groups is 1. The molecule has 0 spiro atoms. The number of hydrogen-bond acceptors (Lipinski definition) is 4. The molecule has 0 radical (unpaired) electrons. The summed E-state index contributed by atoms with van der Waals surface area (Å²) in [5, 5.41) is 0.494. The Morgan fingerprint density at radius 3 is 2.62 bits per heavy atom. The fraction of sp³-hybridized carbons (Fsp3) is 0.188. The molecule has 0 amide bonds. The second-order valence-corrected chi connectivity index (χ2v) is 4.83. The van der Waals surface area contributed by atoms with Gasteiger partial charge in [-0.3, -0.25) is 4.79 Å². The number of carbonyl (C=O) groups excluding carboxylic acids is 1. The minimum atomic E-state index is -0.197. The normalized spacial score (nSPS) is 10.4. The lowest BCUT2D eigenvalue weighted by Crippen LogP contribution is -2.10. The maximum Gasteiger partial charge on any atom is 0.198 e. The summed E-state index contributed by atoms with van der Waals surface area (Å²) >= 11 is 5.85. The molecule has 0 saturated heterocycles. The van der Waals surface area contributed by atoms with Crippen LogP contribution in [-0.4, -0.2) is 26.1 Å². The van der Waals surface area contributed by atoms with E-state index in [1.807, 2.05) is 6.07 Å². The number of methoxy groups -OCH3 is 1. The van der Waals surface area contributed by atoms with Crippen LogP contribution in [0.15, 0.2) is 42.5 Å². The first-order valence-corrected chi connectivity index (χ1v) is 6.81. The molecule has 2 aromatic carbocycles. The fourth-order valence-electron chi connectivity index (χ4n) is 1.90. The van der Waals surface area contributed by atoms with Crippen LogP contribution in [0.4, 0.5) is 5.69 Å². The molecule has 110 valence electrons. The molecule has 0 unspecified atom stereocenters. The summed E-state index contributed by atoms with van der Waals surface area (Å²) in [6.45, 7) is 0.822. The van der Waals surface area contributed by atoms with Crippen molar-refractivity contribution in [1.82, 2.24) is 0 Å². The minimum Gasteiger partial charge on any atom is -0.490 e. The van der Waals surface area contributed by atoms with E-state index in [1.54, 1.807) is 43.5 Å². The van der Waals surface area contributed by atoms with Gasteiger partial charge in [-0.2, -0.15) is 0 Å². The minimum absolute atomic E-state index is 0.197. The molecule has 0 fully saturated rings. The highest BCUT2D eigenvalue weighted by molar-refractivity contribution is 6.31. The highest BCUT2D eigenvalue weighted by Gasteiger charge is 2.16. The van der Waals surface area contributed by atoms with Gasteiger partial charge in [-0.15, -0.1) is 0 Å². The Morgan fingerprint density at radius 2 is 1.90 bits per heavy atom. The first kappa shape index (κ1) is 15.4. The number of para-hydroxylation sites is 1. The van der Waals surface area contributed by atoms with Gasteiger partial charge >= 0.3 is 0 Å². The number of ketones is 1. The second-order valence-electron chi connectivity index (χ2n) is 4.40.